The Balaban J connectivity index is 1.74. The van der Waals surface area contributed by atoms with Gasteiger partial charge < -0.3 is 10.1 Å². The van der Waals surface area contributed by atoms with Gasteiger partial charge in [0, 0.05) is 18.1 Å². The summed E-state index contributed by atoms with van der Waals surface area (Å²) >= 11 is 5.89. The lowest BCUT2D eigenvalue weighted by Gasteiger charge is -2.26. The van der Waals surface area contributed by atoms with Crippen molar-refractivity contribution < 1.29 is 4.74 Å². The number of nitrogens with one attached hydrogen (secondary N) is 1. The summed E-state index contributed by atoms with van der Waals surface area (Å²) in [5, 5.41) is 8.15. The minimum Gasteiger partial charge on any atom is -0.454 e. The number of rotatable bonds is 3. The van der Waals surface area contributed by atoms with Crippen molar-refractivity contribution >= 4 is 11.6 Å². The van der Waals surface area contributed by atoms with Crippen LogP contribution in [-0.2, 0) is 0 Å². The molecule has 1 N–H and O–H groups in total. The third-order valence-corrected chi connectivity index (χ3v) is 2.98. The van der Waals surface area contributed by atoms with Crippen LogP contribution in [0.15, 0.2) is 36.7 Å². The average Bonchev–Trinajstić information content (AvgIpc) is 2.63. The van der Waals surface area contributed by atoms with Crippen molar-refractivity contribution in [2.75, 3.05) is 13.1 Å². The Morgan fingerprint density at radius 1 is 1.35 bits per heavy atom. The molecule has 0 saturated carbocycles. The molecule has 1 fully saturated rings. The van der Waals surface area contributed by atoms with Crippen molar-refractivity contribution in [2.24, 2.45) is 0 Å². The van der Waals surface area contributed by atoms with Gasteiger partial charge in [-0.3, -0.25) is 4.68 Å². The standard InChI is InChI=1S/C12H12ClN3O/c13-9-2-1-3-11(4-9)17-12-7-15-16(8-12)10-5-14-6-10/h1-4,7-8,10,14H,5-6H2. The highest BCUT2D eigenvalue weighted by molar-refractivity contribution is 6.30. The van der Waals surface area contributed by atoms with Crippen LogP contribution in [0.2, 0.25) is 5.02 Å². The molecule has 5 heteroatoms. The molecule has 1 aromatic carbocycles. The van der Waals surface area contributed by atoms with Gasteiger partial charge in [-0.05, 0) is 18.2 Å². The maximum absolute atomic E-state index is 5.89. The zero-order valence-electron chi connectivity index (χ0n) is 9.14. The highest BCUT2D eigenvalue weighted by Crippen LogP contribution is 2.24. The van der Waals surface area contributed by atoms with E-state index in [-0.39, 0.29) is 0 Å². The van der Waals surface area contributed by atoms with Gasteiger partial charge in [0.15, 0.2) is 5.75 Å². The van der Waals surface area contributed by atoms with Gasteiger partial charge in [-0.25, -0.2) is 0 Å². The second-order valence-electron chi connectivity index (χ2n) is 4.03. The summed E-state index contributed by atoms with van der Waals surface area (Å²) < 4.78 is 7.60. The van der Waals surface area contributed by atoms with Gasteiger partial charge in [-0.1, -0.05) is 17.7 Å². The first kappa shape index (κ1) is 10.6. The molecule has 0 aliphatic carbocycles. The largest absolute Gasteiger partial charge is 0.454 e. The Morgan fingerprint density at radius 2 is 2.24 bits per heavy atom. The van der Waals surface area contributed by atoms with E-state index in [0.717, 1.165) is 24.6 Å². The van der Waals surface area contributed by atoms with E-state index in [9.17, 15) is 0 Å². The number of aromatic nitrogens is 2. The van der Waals surface area contributed by atoms with E-state index in [2.05, 4.69) is 10.4 Å². The van der Waals surface area contributed by atoms with Crippen LogP contribution in [-0.4, -0.2) is 22.9 Å². The Hall–Kier alpha value is -1.52. The van der Waals surface area contributed by atoms with Gasteiger partial charge in [-0.2, -0.15) is 5.10 Å². The van der Waals surface area contributed by atoms with Crippen LogP contribution < -0.4 is 10.1 Å². The molecule has 0 amide bonds. The third-order valence-electron chi connectivity index (χ3n) is 2.74. The SMILES string of the molecule is Clc1cccc(Oc2cnn(C3CNC3)c2)c1. The molecule has 0 atom stereocenters. The Morgan fingerprint density at radius 3 is 2.94 bits per heavy atom. The molecule has 1 aliphatic heterocycles. The molecule has 1 saturated heterocycles. The van der Waals surface area contributed by atoms with Crippen LogP contribution in [0.3, 0.4) is 0 Å². The molecule has 0 spiro atoms. The molecule has 0 unspecified atom stereocenters. The Kier molecular flexibility index (Phi) is 2.74. The minimum atomic E-state index is 0.451. The second-order valence-corrected chi connectivity index (χ2v) is 4.46. The predicted molar refractivity (Wildman–Crippen MR) is 65.7 cm³/mol. The van der Waals surface area contributed by atoms with Crippen LogP contribution in [0.25, 0.3) is 0 Å². The topological polar surface area (TPSA) is 39.1 Å². The monoisotopic (exact) mass is 249 g/mol. The lowest BCUT2D eigenvalue weighted by atomic mass is 10.2. The molecule has 17 heavy (non-hydrogen) atoms. The molecule has 0 radical (unpaired) electrons. The second kappa shape index (κ2) is 4.39. The van der Waals surface area contributed by atoms with Crippen molar-refractivity contribution in [3.63, 3.8) is 0 Å². The fourth-order valence-electron chi connectivity index (χ4n) is 1.70. The van der Waals surface area contributed by atoms with E-state index >= 15 is 0 Å². The van der Waals surface area contributed by atoms with E-state index in [4.69, 9.17) is 16.3 Å². The Labute approximate surface area is 104 Å². The molecule has 1 aromatic heterocycles. The molecule has 1 aliphatic rings. The van der Waals surface area contributed by atoms with E-state index in [1.54, 1.807) is 12.3 Å². The summed E-state index contributed by atoms with van der Waals surface area (Å²) in [6.07, 6.45) is 3.63. The molecular formula is C12H12ClN3O. The van der Waals surface area contributed by atoms with E-state index < -0.39 is 0 Å². The zero-order valence-corrected chi connectivity index (χ0v) is 9.89. The summed E-state index contributed by atoms with van der Waals surface area (Å²) in [6.45, 7) is 1.94. The number of ether oxygens (including phenoxy) is 1. The molecule has 88 valence electrons. The maximum Gasteiger partial charge on any atom is 0.165 e. The van der Waals surface area contributed by atoms with Crippen LogP contribution in [0, 0.1) is 0 Å². The van der Waals surface area contributed by atoms with Crippen LogP contribution in [0.1, 0.15) is 6.04 Å². The maximum atomic E-state index is 5.89. The smallest absolute Gasteiger partial charge is 0.165 e. The van der Waals surface area contributed by atoms with Crippen LogP contribution in [0.4, 0.5) is 0 Å². The molecule has 2 heterocycles. The van der Waals surface area contributed by atoms with Crippen LogP contribution >= 0.6 is 11.6 Å². The van der Waals surface area contributed by atoms with Gasteiger partial charge in [0.25, 0.3) is 0 Å². The molecule has 2 aromatic rings. The van der Waals surface area contributed by atoms with Crippen molar-refractivity contribution in [1.82, 2.24) is 15.1 Å². The summed E-state index contributed by atoms with van der Waals surface area (Å²) in [5.41, 5.74) is 0. The van der Waals surface area contributed by atoms with Gasteiger partial charge in [-0.15, -0.1) is 0 Å². The van der Waals surface area contributed by atoms with Crippen molar-refractivity contribution in [2.45, 2.75) is 6.04 Å². The molecular weight excluding hydrogens is 238 g/mol. The quantitative estimate of drug-likeness (QED) is 0.908. The summed E-state index contributed by atoms with van der Waals surface area (Å²) in [7, 11) is 0. The highest BCUT2D eigenvalue weighted by Gasteiger charge is 2.19. The fourth-order valence-corrected chi connectivity index (χ4v) is 1.88. The zero-order chi connectivity index (χ0) is 11.7. The van der Waals surface area contributed by atoms with Gasteiger partial charge in [0.05, 0.1) is 18.4 Å². The minimum absolute atomic E-state index is 0.451. The normalized spacial score (nSPS) is 15.6. The Bertz CT molecular complexity index is 522. The van der Waals surface area contributed by atoms with Gasteiger partial charge >= 0.3 is 0 Å². The fraction of sp³-hybridized carbons (Fsp3) is 0.250. The number of benzene rings is 1. The highest BCUT2D eigenvalue weighted by atomic mass is 35.5. The van der Waals surface area contributed by atoms with Gasteiger partial charge in [0.2, 0.25) is 0 Å². The third kappa shape index (κ3) is 2.28. The first-order valence-electron chi connectivity index (χ1n) is 5.49. The number of halogens is 1. The van der Waals surface area contributed by atoms with Crippen molar-refractivity contribution in [3.8, 4) is 11.5 Å². The van der Waals surface area contributed by atoms with Crippen molar-refractivity contribution in [1.29, 1.82) is 0 Å². The summed E-state index contributed by atoms with van der Waals surface area (Å²) in [5.74, 6) is 1.46. The number of nitrogens with zero attached hydrogens (tertiary/aromatic N) is 2. The molecule has 0 bridgehead atoms. The first-order chi connectivity index (χ1) is 8.31. The average molecular weight is 250 g/mol. The lowest BCUT2D eigenvalue weighted by molar-refractivity contribution is 0.317. The van der Waals surface area contributed by atoms with Crippen LogP contribution in [0.5, 0.6) is 11.5 Å². The van der Waals surface area contributed by atoms with Crippen molar-refractivity contribution in [3.05, 3.63) is 41.7 Å². The van der Waals surface area contributed by atoms with E-state index in [1.807, 2.05) is 29.1 Å². The van der Waals surface area contributed by atoms with Gasteiger partial charge in [0.1, 0.15) is 5.75 Å². The molecule has 4 nitrogen and oxygen atoms in total. The first-order valence-corrected chi connectivity index (χ1v) is 5.87. The van der Waals surface area contributed by atoms with E-state index in [0.29, 0.717) is 11.1 Å². The lowest BCUT2D eigenvalue weighted by Crippen LogP contribution is -2.43. The summed E-state index contributed by atoms with van der Waals surface area (Å²) in [6, 6.07) is 7.78. The predicted octanol–water partition coefficient (Wildman–Crippen LogP) is 2.47. The van der Waals surface area contributed by atoms with E-state index in [1.165, 1.54) is 0 Å². The number of hydrogen-bond donors (Lipinski definition) is 1. The molecule has 3 rings (SSSR count). The summed E-state index contributed by atoms with van der Waals surface area (Å²) in [4.78, 5) is 0. The number of hydrogen-bond acceptors (Lipinski definition) is 3.